The number of nitrogens with one attached hydrogen (secondary N) is 1. The maximum Gasteiger partial charge on any atom is 0.119 e. The Kier molecular flexibility index (Phi) is 5.92. The highest BCUT2D eigenvalue weighted by Crippen LogP contribution is 2.25. The van der Waals surface area contributed by atoms with E-state index in [1.807, 2.05) is 0 Å². The van der Waals surface area contributed by atoms with Crippen LogP contribution in [0.2, 0.25) is 0 Å². The van der Waals surface area contributed by atoms with E-state index in [9.17, 15) is 0 Å². The summed E-state index contributed by atoms with van der Waals surface area (Å²) in [4.78, 5) is 2.57. The van der Waals surface area contributed by atoms with Crippen molar-refractivity contribution in [3.8, 4) is 5.75 Å². The average molecular weight is 290 g/mol. The van der Waals surface area contributed by atoms with Crippen LogP contribution in [0, 0.1) is 0 Å². The Hall–Kier alpha value is -1.22. The van der Waals surface area contributed by atoms with E-state index in [-0.39, 0.29) is 6.10 Å². The molecule has 0 bridgehead atoms. The normalized spacial score (nSPS) is 22.6. The highest BCUT2D eigenvalue weighted by atomic mass is 16.5. The molecule has 118 valence electrons. The van der Waals surface area contributed by atoms with Crippen LogP contribution in [0.1, 0.15) is 47.0 Å². The van der Waals surface area contributed by atoms with Crippen molar-refractivity contribution >= 4 is 5.69 Å². The zero-order chi connectivity index (χ0) is 15.2. The van der Waals surface area contributed by atoms with Gasteiger partial charge in [0.05, 0.1) is 6.10 Å². The van der Waals surface area contributed by atoms with Gasteiger partial charge in [0.25, 0.3) is 0 Å². The summed E-state index contributed by atoms with van der Waals surface area (Å²) in [6, 6.07) is 9.81. The molecule has 0 aliphatic carbocycles. The molecule has 1 N–H and O–H groups in total. The summed E-state index contributed by atoms with van der Waals surface area (Å²) in [5.41, 5.74) is 1.32. The van der Waals surface area contributed by atoms with Gasteiger partial charge in [0.2, 0.25) is 0 Å². The smallest absolute Gasteiger partial charge is 0.119 e. The summed E-state index contributed by atoms with van der Waals surface area (Å²) in [7, 11) is 0. The first-order valence-corrected chi connectivity index (χ1v) is 8.40. The number of piperazine rings is 1. The lowest BCUT2D eigenvalue weighted by Crippen LogP contribution is -2.56. The van der Waals surface area contributed by atoms with E-state index in [0.29, 0.717) is 12.1 Å². The van der Waals surface area contributed by atoms with Crippen molar-refractivity contribution in [2.75, 3.05) is 18.0 Å². The number of nitrogens with zero attached hydrogens (tertiary/aromatic N) is 1. The summed E-state index contributed by atoms with van der Waals surface area (Å²) < 4.78 is 5.74. The van der Waals surface area contributed by atoms with E-state index in [1.165, 1.54) is 24.9 Å². The third-order valence-electron chi connectivity index (χ3n) is 4.15. The van der Waals surface area contributed by atoms with E-state index < -0.39 is 0 Å². The number of anilines is 1. The molecule has 2 atom stereocenters. The molecule has 0 aromatic heterocycles. The van der Waals surface area contributed by atoms with Crippen molar-refractivity contribution in [2.24, 2.45) is 0 Å². The van der Waals surface area contributed by atoms with Crippen molar-refractivity contribution in [1.82, 2.24) is 5.32 Å². The van der Waals surface area contributed by atoms with Gasteiger partial charge in [0.1, 0.15) is 5.75 Å². The minimum atomic E-state index is 0.229. The summed E-state index contributed by atoms with van der Waals surface area (Å²) >= 11 is 0. The number of ether oxygens (including phenoxy) is 1. The number of hydrogen-bond acceptors (Lipinski definition) is 3. The first-order chi connectivity index (χ1) is 10.1. The van der Waals surface area contributed by atoms with Gasteiger partial charge in [0.15, 0.2) is 0 Å². The van der Waals surface area contributed by atoms with Crippen molar-refractivity contribution in [3.05, 3.63) is 24.3 Å². The molecule has 0 amide bonds. The molecule has 0 radical (unpaired) electrons. The Balaban J connectivity index is 2.08. The van der Waals surface area contributed by atoms with Crippen molar-refractivity contribution in [2.45, 2.75) is 65.1 Å². The van der Waals surface area contributed by atoms with Gasteiger partial charge in [-0.3, -0.25) is 0 Å². The van der Waals surface area contributed by atoms with Crippen LogP contribution in [0.5, 0.6) is 5.75 Å². The zero-order valence-electron chi connectivity index (χ0n) is 13.9. The van der Waals surface area contributed by atoms with Gasteiger partial charge in [-0.15, -0.1) is 0 Å². The fraction of sp³-hybridized carbons (Fsp3) is 0.667. The predicted octanol–water partition coefficient (Wildman–Crippen LogP) is 3.83. The van der Waals surface area contributed by atoms with Gasteiger partial charge in [-0.25, -0.2) is 0 Å². The van der Waals surface area contributed by atoms with Gasteiger partial charge in [-0.05, 0) is 51.0 Å². The fourth-order valence-electron chi connectivity index (χ4n) is 3.08. The maximum atomic E-state index is 5.74. The van der Waals surface area contributed by atoms with E-state index >= 15 is 0 Å². The van der Waals surface area contributed by atoms with Crippen LogP contribution in [0.4, 0.5) is 5.69 Å². The average Bonchev–Trinajstić information content (AvgIpc) is 2.48. The molecule has 1 heterocycles. The number of benzene rings is 1. The molecule has 0 saturated carbocycles. The molecule has 1 aromatic carbocycles. The van der Waals surface area contributed by atoms with Crippen molar-refractivity contribution in [3.63, 3.8) is 0 Å². The fourth-order valence-corrected chi connectivity index (χ4v) is 3.08. The van der Waals surface area contributed by atoms with Crippen LogP contribution in [-0.2, 0) is 0 Å². The second-order valence-electron chi connectivity index (χ2n) is 6.27. The first-order valence-electron chi connectivity index (χ1n) is 8.40. The molecule has 3 nitrogen and oxygen atoms in total. The molecule has 1 fully saturated rings. The highest BCUT2D eigenvalue weighted by Gasteiger charge is 2.26. The minimum Gasteiger partial charge on any atom is -0.491 e. The molecule has 21 heavy (non-hydrogen) atoms. The standard InChI is InChI=1S/C18H30N2O/c1-5-7-15-13-20(16(6-2)12-19-15)17-8-10-18(11-9-17)21-14(3)4/h8-11,14-16,19H,5-7,12-13H2,1-4H3. The Morgan fingerprint density at radius 3 is 2.52 bits per heavy atom. The van der Waals surface area contributed by atoms with E-state index in [4.69, 9.17) is 4.74 Å². The molecule has 1 aliphatic rings. The maximum absolute atomic E-state index is 5.74. The SMILES string of the molecule is CCCC1CN(c2ccc(OC(C)C)cc2)C(CC)CN1. The van der Waals surface area contributed by atoms with Crippen LogP contribution >= 0.6 is 0 Å². The van der Waals surface area contributed by atoms with Crippen LogP contribution < -0.4 is 15.0 Å². The van der Waals surface area contributed by atoms with Crippen LogP contribution in [0.15, 0.2) is 24.3 Å². The van der Waals surface area contributed by atoms with Gasteiger partial charge in [0, 0.05) is 30.9 Å². The Morgan fingerprint density at radius 1 is 1.24 bits per heavy atom. The second-order valence-corrected chi connectivity index (χ2v) is 6.27. The lowest BCUT2D eigenvalue weighted by molar-refractivity contribution is 0.242. The third kappa shape index (κ3) is 4.37. The van der Waals surface area contributed by atoms with Gasteiger partial charge < -0.3 is 15.0 Å². The highest BCUT2D eigenvalue weighted by molar-refractivity contribution is 5.50. The zero-order valence-corrected chi connectivity index (χ0v) is 13.9. The monoisotopic (exact) mass is 290 g/mol. The molecule has 1 saturated heterocycles. The minimum absolute atomic E-state index is 0.229. The van der Waals surface area contributed by atoms with Gasteiger partial charge in [-0.2, -0.15) is 0 Å². The summed E-state index contributed by atoms with van der Waals surface area (Å²) in [5.74, 6) is 0.960. The molecular formula is C18H30N2O. The molecule has 0 spiro atoms. The van der Waals surface area contributed by atoms with Crippen molar-refractivity contribution < 1.29 is 4.74 Å². The molecule has 1 aromatic rings. The summed E-state index contributed by atoms with van der Waals surface area (Å²) in [6.45, 7) is 10.9. The Morgan fingerprint density at radius 2 is 1.95 bits per heavy atom. The summed E-state index contributed by atoms with van der Waals surface area (Å²) in [5, 5.41) is 3.69. The second kappa shape index (κ2) is 7.69. The molecule has 2 unspecified atom stereocenters. The third-order valence-corrected chi connectivity index (χ3v) is 4.15. The first kappa shape index (κ1) is 16.2. The largest absolute Gasteiger partial charge is 0.491 e. The molecule has 1 aliphatic heterocycles. The van der Waals surface area contributed by atoms with Crippen LogP contribution in [0.25, 0.3) is 0 Å². The van der Waals surface area contributed by atoms with Gasteiger partial charge in [-0.1, -0.05) is 20.3 Å². The van der Waals surface area contributed by atoms with Crippen LogP contribution in [-0.4, -0.2) is 31.3 Å². The number of hydrogen-bond donors (Lipinski definition) is 1. The quantitative estimate of drug-likeness (QED) is 0.861. The lowest BCUT2D eigenvalue weighted by atomic mass is 10.0. The van der Waals surface area contributed by atoms with Crippen molar-refractivity contribution in [1.29, 1.82) is 0 Å². The summed E-state index contributed by atoms with van der Waals surface area (Å²) in [6.07, 6.45) is 3.90. The Labute approximate surface area is 129 Å². The van der Waals surface area contributed by atoms with E-state index in [1.54, 1.807) is 0 Å². The van der Waals surface area contributed by atoms with E-state index in [2.05, 4.69) is 62.2 Å². The lowest BCUT2D eigenvalue weighted by Gasteiger charge is -2.42. The molecule has 2 rings (SSSR count). The van der Waals surface area contributed by atoms with Crippen LogP contribution in [0.3, 0.4) is 0 Å². The predicted molar refractivity (Wildman–Crippen MR) is 90.3 cm³/mol. The molecule has 3 heteroatoms. The molecular weight excluding hydrogens is 260 g/mol. The topological polar surface area (TPSA) is 24.5 Å². The number of rotatable bonds is 6. The Bertz CT molecular complexity index is 416. The van der Waals surface area contributed by atoms with Gasteiger partial charge >= 0.3 is 0 Å². The van der Waals surface area contributed by atoms with E-state index in [0.717, 1.165) is 18.8 Å².